The van der Waals surface area contributed by atoms with Gasteiger partial charge in [0.05, 0.1) is 17.1 Å². The van der Waals surface area contributed by atoms with Crippen LogP contribution in [-0.2, 0) is 24.2 Å². The van der Waals surface area contributed by atoms with E-state index in [4.69, 9.17) is 5.73 Å². The number of rotatable bonds is 6. The van der Waals surface area contributed by atoms with Crippen molar-refractivity contribution in [3.05, 3.63) is 63.1 Å². The molecule has 8 heteroatoms. The molecule has 8 nitrogen and oxygen atoms in total. The van der Waals surface area contributed by atoms with E-state index in [1.54, 1.807) is 0 Å². The fourth-order valence-electron chi connectivity index (χ4n) is 7.50. The first kappa shape index (κ1) is 26.5. The monoisotopic (exact) mass is 522 g/mol. The van der Waals surface area contributed by atoms with Crippen molar-refractivity contribution in [2.75, 3.05) is 13.1 Å². The van der Waals surface area contributed by atoms with E-state index < -0.39 is 23.2 Å². The maximum Gasteiger partial charge on any atom is 0.250 e. The lowest BCUT2D eigenvalue weighted by atomic mass is 9.57. The van der Waals surface area contributed by atoms with Crippen LogP contribution in [0.5, 0.6) is 5.75 Å². The number of nitrogens with zero attached hydrogens (tertiary/aromatic N) is 1. The van der Waals surface area contributed by atoms with E-state index in [2.05, 4.69) is 17.1 Å². The van der Waals surface area contributed by atoms with Gasteiger partial charge in [0.25, 0.3) is 5.91 Å². The molecule has 6 N–H and O–H groups in total. The Labute approximate surface area is 223 Å². The molecule has 0 spiro atoms. The molecule has 204 valence electrons. The zero-order chi connectivity index (χ0) is 27.4. The fraction of sp³-hybridized carbons (Fsp3) is 0.533. The molecule has 0 radical (unpaired) electrons. The van der Waals surface area contributed by atoms with Crippen molar-refractivity contribution in [2.24, 2.45) is 23.5 Å². The van der Waals surface area contributed by atoms with Crippen LogP contribution in [0, 0.1) is 17.8 Å². The number of amides is 1. The Morgan fingerprint density at radius 1 is 1.16 bits per heavy atom. The van der Waals surface area contributed by atoms with Gasteiger partial charge >= 0.3 is 0 Å². The number of Topliss-reactive ketones (excluding diaryl/α,β-unsaturated/α-hetero) is 1. The summed E-state index contributed by atoms with van der Waals surface area (Å²) >= 11 is 0. The van der Waals surface area contributed by atoms with E-state index in [-0.39, 0.29) is 58.7 Å². The Kier molecular flexibility index (Phi) is 6.90. The van der Waals surface area contributed by atoms with Gasteiger partial charge in [-0.15, -0.1) is 0 Å². The van der Waals surface area contributed by atoms with Crippen molar-refractivity contribution in [2.45, 2.75) is 70.9 Å². The summed E-state index contributed by atoms with van der Waals surface area (Å²) in [6.07, 6.45) is 7.49. The van der Waals surface area contributed by atoms with Crippen molar-refractivity contribution < 1.29 is 30.0 Å². The molecule has 0 saturated carbocycles. The van der Waals surface area contributed by atoms with Crippen LogP contribution in [0.2, 0.25) is 0 Å². The van der Waals surface area contributed by atoms with Gasteiger partial charge in [0.15, 0.2) is 5.78 Å². The Hall–Kier alpha value is -3.10. The van der Waals surface area contributed by atoms with Gasteiger partial charge in [-0.3, -0.25) is 14.5 Å². The number of aliphatic hydroxyl groups is 3. The van der Waals surface area contributed by atoms with Gasteiger partial charge < -0.3 is 26.2 Å². The number of allylic oxidation sites excluding steroid dienone is 2. The number of benzene rings is 1. The van der Waals surface area contributed by atoms with Gasteiger partial charge in [-0.05, 0) is 55.1 Å². The largest absolute Gasteiger partial charge is 0.512 e. The lowest BCUT2D eigenvalue weighted by Gasteiger charge is -2.49. The van der Waals surface area contributed by atoms with Crippen molar-refractivity contribution in [3.8, 4) is 5.75 Å². The smallest absolute Gasteiger partial charge is 0.250 e. The van der Waals surface area contributed by atoms with Gasteiger partial charge in [0.2, 0.25) is 0 Å². The number of primary amides is 1. The van der Waals surface area contributed by atoms with Crippen LogP contribution in [0.1, 0.15) is 73.0 Å². The van der Waals surface area contributed by atoms with Crippen molar-refractivity contribution >= 4 is 11.7 Å². The molecule has 4 unspecified atom stereocenters. The van der Waals surface area contributed by atoms with Crippen LogP contribution in [-0.4, -0.2) is 55.7 Å². The third-order valence-corrected chi connectivity index (χ3v) is 9.02. The molecule has 1 aliphatic heterocycles. The highest BCUT2D eigenvalue weighted by Gasteiger charge is 2.57. The van der Waals surface area contributed by atoms with Crippen molar-refractivity contribution in [1.82, 2.24) is 4.90 Å². The first-order valence-corrected chi connectivity index (χ1v) is 13.8. The minimum Gasteiger partial charge on any atom is -0.512 e. The highest BCUT2D eigenvalue weighted by atomic mass is 16.3. The molecule has 3 aliphatic carbocycles. The molecular formula is C30H38N2O6. The Balaban J connectivity index is 1.62. The molecule has 1 heterocycles. The molecule has 0 fully saturated rings. The summed E-state index contributed by atoms with van der Waals surface area (Å²) in [6, 6.07) is 2.01. The number of hydrogen-bond acceptors (Lipinski definition) is 7. The number of phenols is 1. The zero-order valence-electron chi connectivity index (χ0n) is 22.2. The van der Waals surface area contributed by atoms with Gasteiger partial charge in [0.1, 0.15) is 22.9 Å². The first-order valence-electron chi connectivity index (χ1n) is 13.8. The predicted molar refractivity (Wildman–Crippen MR) is 143 cm³/mol. The van der Waals surface area contributed by atoms with Crippen LogP contribution in [0.25, 0.3) is 0 Å². The molecule has 1 amide bonds. The number of aryl methyl sites for hydroxylation is 1. The number of carbonyl (C=O) groups is 2. The number of nitrogens with two attached hydrogens (primary N) is 1. The Morgan fingerprint density at radius 2 is 1.92 bits per heavy atom. The summed E-state index contributed by atoms with van der Waals surface area (Å²) in [5.74, 6) is -3.48. The third kappa shape index (κ3) is 4.05. The standard InChI is InChI=1S/C30H38N2O6/c1-3-8-30(38)24-18(14-21(33)25(30)29(31)37)12-17-13-20-16(4-2)11-19(15-32-9-6-5-7-10-32)26(34)23(20)27(35)22(17)28(24)36/h5-6,11,17-18,24,33-34,36,38H,3-4,7-10,12-15H2,1-2H3,(H2,31,37). The average molecular weight is 523 g/mol. The van der Waals surface area contributed by atoms with Crippen LogP contribution < -0.4 is 5.73 Å². The second-order valence-electron chi connectivity index (χ2n) is 11.3. The number of fused-ring (bicyclic) bond motifs is 3. The summed E-state index contributed by atoms with van der Waals surface area (Å²) in [5.41, 5.74) is 6.39. The van der Waals surface area contributed by atoms with Gasteiger partial charge in [-0.2, -0.15) is 0 Å². The maximum atomic E-state index is 14.1. The second kappa shape index (κ2) is 9.89. The van der Waals surface area contributed by atoms with E-state index in [1.807, 2.05) is 19.9 Å². The molecule has 0 bridgehead atoms. The summed E-state index contributed by atoms with van der Waals surface area (Å²) < 4.78 is 0. The molecule has 4 aliphatic rings. The van der Waals surface area contributed by atoms with Crippen molar-refractivity contribution in [3.63, 3.8) is 0 Å². The lowest BCUT2D eigenvalue weighted by Crippen LogP contribution is -2.54. The van der Waals surface area contributed by atoms with Crippen LogP contribution in [0.15, 0.2) is 40.9 Å². The van der Waals surface area contributed by atoms with E-state index >= 15 is 0 Å². The second-order valence-corrected chi connectivity index (χ2v) is 11.3. The average Bonchev–Trinajstić information content (AvgIpc) is 2.85. The quantitative estimate of drug-likeness (QED) is 0.358. The minimum absolute atomic E-state index is 0.0412. The molecule has 0 aromatic heterocycles. The van der Waals surface area contributed by atoms with E-state index in [9.17, 15) is 30.0 Å². The normalized spacial score (nSPS) is 29.2. The maximum absolute atomic E-state index is 14.1. The molecule has 0 saturated heterocycles. The SMILES string of the molecule is CCCC1(O)C(C(N)=O)=C(O)CC2CC3Cc4c(CC)cc(CN5CC=CCC5)c(O)c4C(=O)C3=C(O)C21. The van der Waals surface area contributed by atoms with Gasteiger partial charge in [-0.25, -0.2) is 0 Å². The first-order chi connectivity index (χ1) is 18.1. The highest BCUT2D eigenvalue weighted by molar-refractivity contribution is 6.13. The van der Waals surface area contributed by atoms with Crippen LogP contribution >= 0.6 is 0 Å². The predicted octanol–water partition coefficient (Wildman–Crippen LogP) is 3.75. The summed E-state index contributed by atoms with van der Waals surface area (Å²) in [7, 11) is 0. The van der Waals surface area contributed by atoms with E-state index in [0.717, 1.165) is 30.6 Å². The third-order valence-electron chi connectivity index (χ3n) is 9.02. The number of ketones is 1. The fourth-order valence-corrected chi connectivity index (χ4v) is 7.50. The van der Waals surface area contributed by atoms with Crippen LogP contribution in [0.4, 0.5) is 0 Å². The van der Waals surface area contributed by atoms with E-state index in [1.165, 1.54) is 0 Å². The van der Waals surface area contributed by atoms with E-state index in [0.29, 0.717) is 37.8 Å². The van der Waals surface area contributed by atoms with Gasteiger partial charge in [0, 0.05) is 37.2 Å². The Morgan fingerprint density at radius 3 is 2.55 bits per heavy atom. The molecule has 5 rings (SSSR count). The number of aliphatic hydroxyl groups excluding tert-OH is 2. The Bertz CT molecular complexity index is 1280. The summed E-state index contributed by atoms with van der Waals surface area (Å²) in [4.78, 5) is 28.6. The molecule has 4 atom stereocenters. The lowest BCUT2D eigenvalue weighted by molar-refractivity contribution is -0.120. The van der Waals surface area contributed by atoms with Crippen molar-refractivity contribution in [1.29, 1.82) is 0 Å². The summed E-state index contributed by atoms with van der Waals surface area (Å²) in [5, 5.41) is 45.5. The van der Waals surface area contributed by atoms with Crippen LogP contribution in [0.3, 0.4) is 0 Å². The number of phenolic OH excluding ortho intramolecular Hbond substituents is 1. The molecule has 1 aromatic carbocycles. The summed E-state index contributed by atoms with van der Waals surface area (Å²) in [6.45, 7) is 6.04. The zero-order valence-corrected chi connectivity index (χ0v) is 22.2. The number of hydrogen-bond donors (Lipinski definition) is 5. The topological polar surface area (TPSA) is 144 Å². The minimum atomic E-state index is -1.88. The molecular weight excluding hydrogens is 484 g/mol. The number of aromatic hydroxyl groups is 1. The molecule has 38 heavy (non-hydrogen) atoms. The number of carbonyl (C=O) groups excluding carboxylic acids is 2. The van der Waals surface area contributed by atoms with Gasteiger partial charge in [-0.1, -0.05) is 38.5 Å². The molecule has 1 aromatic rings. The highest BCUT2D eigenvalue weighted by Crippen LogP contribution is 2.55.